The Kier molecular flexibility index (Phi) is 5.83. The molecule has 5 rings (SSSR count). The van der Waals surface area contributed by atoms with E-state index in [-0.39, 0.29) is 29.2 Å². The lowest BCUT2D eigenvalue weighted by Gasteiger charge is -2.30. The van der Waals surface area contributed by atoms with E-state index in [1.165, 1.54) is 0 Å². The highest BCUT2D eigenvalue weighted by Crippen LogP contribution is 2.35. The fourth-order valence-corrected chi connectivity index (χ4v) is 4.80. The molecule has 2 aromatic carbocycles. The number of rotatable bonds is 5. The van der Waals surface area contributed by atoms with Crippen molar-refractivity contribution < 1.29 is 19.5 Å². The minimum atomic E-state index is -0.331. The standard InChI is InChI=1S/C27H24N4O4/c1-2-22(32)31-13-10-16(11-14-31)9-12-28-26(34)17-7-8-21-19(15-17)25(33)24(29-21)23-18-5-3-4-6-20(18)30-27(23)35/h1,3-8,15-16,30,35H,9-14H2,(H,28,34). The molecular weight excluding hydrogens is 444 g/mol. The first kappa shape index (κ1) is 22.4. The van der Waals surface area contributed by atoms with Crippen molar-refractivity contribution in [1.82, 2.24) is 15.2 Å². The van der Waals surface area contributed by atoms with E-state index in [4.69, 9.17) is 6.42 Å². The molecule has 35 heavy (non-hydrogen) atoms. The normalized spacial score (nSPS) is 15.6. The molecule has 1 fully saturated rings. The first-order chi connectivity index (χ1) is 17.0. The van der Waals surface area contributed by atoms with Crippen LogP contribution in [0.3, 0.4) is 0 Å². The molecule has 0 radical (unpaired) electrons. The van der Waals surface area contributed by atoms with Gasteiger partial charge in [-0.1, -0.05) is 18.2 Å². The molecular formula is C27H24N4O4. The average molecular weight is 469 g/mol. The molecule has 176 valence electrons. The monoisotopic (exact) mass is 468 g/mol. The zero-order valence-corrected chi connectivity index (χ0v) is 19.0. The highest BCUT2D eigenvalue weighted by atomic mass is 16.3. The summed E-state index contributed by atoms with van der Waals surface area (Å²) in [6.07, 6.45) is 7.70. The minimum Gasteiger partial charge on any atom is -0.494 e. The topological polar surface area (TPSA) is 115 Å². The second-order valence-electron chi connectivity index (χ2n) is 8.84. The summed E-state index contributed by atoms with van der Waals surface area (Å²) < 4.78 is 0. The summed E-state index contributed by atoms with van der Waals surface area (Å²) in [5.41, 5.74) is 2.42. The molecule has 0 spiro atoms. The first-order valence-electron chi connectivity index (χ1n) is 11.6. The van der Waals surface area contributed by atoms with Gasteiger partial charge in [0, 0.05) is 36.1 Å². The maximum Gasteiger partial charge on any atom is 0.298 e. The lowest BCUT2D eigenvalue weighted by atomic mass is 9.93. The second kappa shape index (κ2) is 9.11. The summed E-state index contributed by atoms with van der Waals surface area (Å²) in [6, 6.07) is 12.1. The van der Waals surface area contributed by atoms with E-state index >= 15 is 0 Å². The lowest BCUT2D eigenvalue weighted by Crippen LogP contribution is -2.38. The molecule has 0 atom stereocenters. The Morgan fingerprint density at radius 3 is 2.74 bits per heavy atom. The number of hydrogen-bond acceptors (Lipinski definition) is 5. The number of aromatic amines is 1. The molecule has 2 aliphatic heterocycles. The number of benzene rings is 2. The number of likely N-dealkylation sites (tertiary alicyclic amines) is 1. The van der Waals surface area contributed by atoms with Crippen molar-refractivity contribution >= 4 is 39.9 Å². The summed E-state index contributed by atoms with van der Waals surface area (Å²) in [5.74, 6) is 1.60. The Morgan fingerprint density at radius 2 is 1.97 bits per heavy atom. The Morgan fingerprint density at radius 1 is 1.20 bits per heavy atom. The number of fused-ring (bicyclic) bond motifs is 2. The number of terminal acetylenes is 1. The average Bonchev–Trinajstić information content (AvgIpc) is 3.38. The Labute approximate surface area is 202 Å². The number of nitrogens with zero attached hydrogens (tertiary/aromatic N) is 2. The van der Waals surface area contributed by atoms with Gasteiger partial charge in [0.25, 0.3) is 11.8 Å². The van der Waals surface area contributed by atoms with Crippen LogP contribution < -0.4 is 5.32 Å². The number of piperidine rings is 1. The third kappa shape index (κ3) is 4.17. The van der Waals surface area contributed by atoms with Crippen LogP contribution in [0.15, 0.2) is 47.5 Å². The number of aromatic nitrogens is 1. The molecule has 0 saturated carbocycles. The SMILES string of the molecule is C#CC(=O)N1CCC(CCNC(=O)c2ccc3c(c2)C(=O)C(c2c(O)[nH]c4ccccc24)=N3)CC1. The van der Waals surface area contributed by atoms with E-state index in [1.807, 2.05) is 24.3 Å². The summed E-state index contributed by atoms with van der Waals surface area (Å²) in [4.78, 5) is 46.5. The maximum absolute atomic E-state index is 13.2. The van der Waals surface area contributed by atoms with Gasteiger partial charge in [0.2, 0.25) is 5.78 Å². The number of hydrogen-bond donors (Lipinski definition) is 3. The van der Waals surface area contributed by atoms with Crippen molar-refractivity contribution in [3.05, 3.63) is 59.2 Å². The number of nitrogens with one attached hydrogen (secondary N) is 2. The zero-order chi connectivity index (χ0) is 24.5. The molecule has 2 aliphatic rings. The van der Waals surface area contributed by atoms with E-state index in [2.05, 4.69) is 21.2 Å². The Balaban J connectivity index is 1.22. The largest absolute Gasteiger partial charge is 0.494 e. The number of ketones is 1. The summed E-state index contributed by atoms with van der Waals surface area (Å²) in [5, 5.41) is 14.0. The number of para-hydroxylation sites is 1. The van der Waals surface area contributed by atoms with Crippen LogP contribution in [-0.4, -0.2) is 57.9 Å². The van der Waals surface area contributed by atoms with Gasteiger partial charge >= 0.3 is 0 Å². The number of H-pyrrole nitrogens is 1. The number of amides is 2. The number of aromatic hydroxyl groups is 1. The third-order valence-corrected chi connectivity index (χ3v) is 6.74. The summed E-state index contributed by atoms with van der Waals surface area (Å²) in [6.45, 7) is 1.79. The van der Waals surface area contributed by atoms with Crippen molar-refractivity contribution in [3.63, 3.8) is 0 Å². The molecule has 0 bridgehead atoms. The predicted octanol–water partition coefficient (Wildman–Crippen LogP) is 3.18. The molecule has 1 saturated heterocycles. The van der Waals surface area contributed by atoms with Gasteiger partial charge < -0.3 is 20.3 Å². The highest BCUT2D eigenvalue weighted by molar-refractivity contribution is 6.56. The molecule has 0 unspecified atom stereocenters. The van der Waals surface area contributed by atoms with Gasteiger partial charge in [-0.05, 0) is 55.4 Å². The summed E-state index contributed by atoms with van der Waals surface area (Å²) >= 11 is 0. The summed E-state index contributed by atoms with van der Waals surface area (Å²) in [7, 11) is 0. The fourth-order valence-electron chi connectivity index (χ4n) is 4.80. The zero-order valence-electron chi connectivity index (χ0n) is 19.0. The number of aliphatic imine (C=N–C) groups is 1. The van der Waals surface area contributed by atoms with Crippen molar-refractivity contribution in [2.75, 3.05) is 19.6 Å². The fraction of sp³-hybridized carbons (Fsp3) is 0.259. The second-order valence-corrected chi connectivity index (χ2v) is 8.84. The third-order valence-electron chi connectivity index (χ3n) is 6.74. The van der Waals surface area contributed by atoms with Crippen LogP contribution in [0.4, 0.5) is 5.69 Å². The molecule has 3 heterocycles. The van der Waals surface area contributed by atoms with E-state index in [9.17, 15) is 19.5 Å². The van der Waals surface area contributed by atoms with Crippen LogP contribution in [0.25, 0.3) is 10.9 Å². The molecule has 3 aromatic rings. The van der Waals surface area contributed by atoms with E-state index in [1.54, 1.807) is 23.1 Å². The molecule has 2 amide bonds. The Bertz CT molecular complexity index is 1420. The van der Waals surface area contributed by atoms with Crippen molar-refractivity contribution in [2.45, 2.75) is 19.3 Å². The smallest absolute Gasteiger partial charge is 0.298 e. The van der Waals surface area contributed by atoms with Crippen LogP contribution in [0.5, 0.6) is 5.88 Å². The lowest BCUT2D eigenvalue weighted by molar-refractivity contribution is -0.126. The van der Waals surface area contributed by atoms with Gasteiger partial charge in [-0.25, -0.2) is 4.99 Å². The van der Waals surface area contributed by atoms with E-state index < -0.39 is 0 Å². The van der Waals surface area contributed by atoms with Gasteiger partial charge in [0.15, 0.2) is 5.88 Å². The van der Waals surface area contributed by atoms with Crippen LogP contribution >= 0.6 is 0 Å². The molecule has 3 N–H and O–H groups in total. The number of carbonyl (C=O) groups excluding carboxylic acids is 3. The Hall–Kier alpha value is -4.38. The van der Waals surface area contributed by atoms with Crippen LogP contribution in [0.1, 0.15) is 45.5 Å². The number of Topliss-reactive ketones (excluding diaryl/α,β-unsaturated/α-hetero) is 1. The van der Waals surface area contributed by atoms with Crippen LogP contribution in [0.2, 0.25) is 0 Å². The first-order valence-corrected chi connectivity index (χ1v) is 11.6. The van der Waals surface area contributed by atoms with Crippen LogP contribution in [0, 0.1) is 18.3 Å². The molecule has 8 heteroatoms. The molecule has 8 nitrogen and oxygen atoms in total. The quantitative estimate of drug-likeness (QED) is 0.499. The predicted molar refractivity (Wildman–Crippen MR) is 132 cm³/mol. The molecule has 0 aliphatic carbocycles. The van der Waals surface area contributed by atoms with Crippen LogP contribution in [-0.2, 0) is 4.79 Å². The van der Waals surface area contributed by atoms with E-state index in [0.717, 1.165) is 19.3 Å². The maximum atomic E-state index is 13.2. The van der Waals surface area contributed by atoms with E-state index in [0.29, 0.717) is 58.8 Å². The van der Waals surface area contributed by atoms with Crippen molar-refractivity contribution in [1.29, 1.82) is 0 Å². The van der Waals surface area contributed by atoms with Gasteiger partial charge in [-0.3, -0.25) is 14.4 Å². The van der Waals surface area contributed by atoms with Crippen molar-refractivity contribution in [3.8, 4) is 18.2 Å². The minimum absolute atomic E-state index is 0.112. The van der Waals surface area contributed by atoms with Gasteiger partial charge in [-0.2, -0.15) is 0 Å². The van der Waals surface area contributed by atoms with Gasteiger partial charge in [0.1, 0.15) is 5.71 Å². The van der Waals surface area contributed by atoms with Crippen molar-refractivity contribution in [2.24, 2.45) is 10.9 Å². The van der Waals surface area contributed by atoms with Gasteiger partial charge in [0.05, 0.1) is 16.8 Å². The highest BCUT2D eigenvalue weighted by Gasteiger charge is 2.31. The number of carbonyl (C=O) groups is 3. The molecule has 1 aromatic heterocycles. The van der Waals surface area contributed by atoms with Gasteiger partial charge in [-0.15, -0.1) is 6.42 Å².